The van der Waals surface area contributed by atoms with Crippen LogP contribution in [0.2, 0.25) is 0 Å². The van der Waals surface area contributed by atoms with Gasteiger partial charge < -0.3 is 15.3 Å². The molecule has 1 aromatic carbocycles. The number of carbonyl (C=O) groups is 1. The Kier molecular flexibility index (Phi) is 5.10. The van der Waals surface area contributed by atoms with Crippen molar-refractivity contribution in [3.8, 4) is 5.75 Å². The molecule has 0 bridgehead atoms. The molecule has 0 radical (unpaired) electrons. The third-order valence-corrected chi connectivity index (χ3v) is 3.56. The van der Waals surface area contributed by atoms with E-state index in [1.165, 1.54) is 18.9 Å². The lowest BCUT2D eigenvalue weighted by Gasteiger charge is -2.14. The summed E-state index contributed by atoms with van der Waals surface area (Å²) in [6.45, 7) is 3.59. The van der Waals surface area contributed by atoms with Crippen LogP contribution in [0.5, 0.6) is 5.75 Å². The summed E-state index contributed by atoms with van der Waals surface area (Å²) in [5.74, 6) is -0.693. The van der Waals surface area contributed by atoms with Crippen LogP contribution in [0.25, 0.3) is 0 Å². The molecule has 1 aliphatic rings. The zero-order chi connectivity index (χ0) is 15.2. The van der Waals surface area contributed by atoms with E-state index in [2.05, 4.69) is 10.2 Å². The summed E-state index contributed by atoms with van der Waals surface area (Å²) in [4.78, 5) is 24.6. The molecular formula is C14H19N3O4. The molecule has 7 nitrogen and oxygen atoms in total. The quantitative estimate of drug-likeness (QED) is 0.471. The molecular weight excluding hydrogens is 274 g/mol. The summed E-state index contributed by atoms with van der Waals surface area (Å²) in [6.07, 6.45) is 3.25. The van der Waals surface area contributed by atoms with Crippen molar-refractivity contribution < 1.29 is 14.8 Å². The maximum atomic E-state index is 12.0. The Labute approximate surface area is 122 Å². The van der Waals surface area contributed by atoms with Gasteiger partial charge in [-0.05, 0) is 51.0 Å². The number of aromatic hydroxyl groups is 1. The molecule has 1 heterocycles. The number of phenolic OH excluding ortho intramolecular Hbond substituents is 1. The molecule has 0 atom stereocenters. The molecule has 1 aromatic rings. The summed E-state index contributed by atoms with van der Waals surface area (Å²) in [5, 5.41) is 22.9. The second kappa shape index (κ2) is 7.03. The number of nitro benzene ring substituents is 1. The van der Waals surface area contributed by atoms with Crippen LogP contribution >= 0.6 is 0 Å². The first kappa shape index (κ1) is 15.2. The minimum atomic E-state index is -0.626. The van der Waals surface area contributed by atoms with Crippen molar-refractivity contribution in [1.29, 1.82) is 0 Å². The largest absolute Gasteiger partial charge is 0.508 e. The van der Waals surface area contributed by atoms with Crippen LogP contribution in [0, 0.1) is 10.1 Å². The van der Waals surface area contributed by atoms with E-state index in [-0.39, 0.29) is 17.0 Å². The second-order valence-corrected chi connectivity index (χ2v) is 5.12. The van der Waals surface area contributed by atoms with Crippen LogP contribution in [-0.4, -0.2) is 47.0 Å². The van der Waals surface area contributed by atoms with E-state index in [1.54, 1.807) is 0 Å². The van der Waals surface area contributed by atoms with Gasteiger partial charge in [-0.15, -0.1) is 0 Å². The molecule has 2 N–H and O–H groups in total. The van der Waals surface area contributed by atoms with Gasteiger partial charge in [0.25, 0.3) is 11.6 Å². The molecule has 114 valence electrons. The molecule has 0 saturated carbocycles. The zero-order valence-corrected chi connectivity index (χ0v) is 11.7. The number of likely N-dealkylation sites (tertiary alicyclic amines) is 1. The first-order valence-electron chi connectivity index (χ1n) is 7.06. The van der Waals surface area contributed by atoms with Crippen LogP contribution in [0.1, 0.15) is 29.6 Å². The summed E-state index contributed by atoms with van der Waals surface area (Å²) in [6, 6.07) is 3.45. The monoisotopic (exact) mass is 293 g/mol. The van der Waals surface area contributed by atoms with Gasteiger partial charge in [-0.3, -0.25) is 14.9 Å². The van der Waals surface area contributed by atoms with Crippen LogP contribution in [-0.2, 0) is 0 Å². The van der Waals surface area contributed by atoms with Crippen molar-refractivity contribution >= 4 is 11.6 Å². The van der Waals surface area contributed by atoms with Crippen LogP contribution < -0.4 is 5.32 Å². The van der Waals surface area contributed by atoms with Gasteiger partial charge >= 0.3 is 0 Å². The highest BCUT2D eigenvalue weighted by atomic mass is 16.6. The number of phenols is 1. The number of nitrogens with zero attached hydrogens (tertiary/aromatic N) is 2. The Morgan fingerprint density at radius 2 is 2.10 bits per heavy atom. The fourth-order valence-electron chi connectivity index (χ4n) is 2.47. The van der Waals surface area contributed by atoms with E-state index < -0.39 is 10.8 Å². The van der Waals surface area contributed by atoms with Crippen LogP contribution in [0.4, 0.5) is 5.69 Å². The molecule has 1 amide bonds. The smallest absolute Gasteiger partial charge is 0.282 e. The van der Waals surface area contributed by atoms with E-state index in [0.29, 0.717) is 6.54 Å². The maximum absolute atomic E-state index is 12.0. The molecule has 1 aliphatic heterocycles. The van der Waals surface area contributed by atoms with Crippen molar-refractivity contribution in [2.75, 3.05) is 26.2 Å². The van der Waals surface area contributed by atoms with Crippen LogP contribution in [0.15, 0.2) is 18.2 Å². The lowest BCUT2D eigenvalue weighted by atomic mass is 10.1. The predicted octanol–water partition coefficient (Wildman–Crippen LogP) is 1.52. The molecule has 0 aromatic heterocycles. The Morgan fingerprint density at radius 3 is 2.76 bits per heavy atom. The molecule has 0 aliphatic carbocycles. The van der Waals surface area contributed by atoms with E-state index >= 15 is 0 Å². The van der Waals surface area contributed by atoms with Crippen LogP contribution in [0.3, 0.4) is 0 Å². The SMILES string of the molecule is O=C(NCCCN1CCCC1)c1cc(O)ccc1[N+](=O)[O-]. The second-order valence-electron chi connectivity index (χ2n) is 5.12. The maximum Gasteiger partial charge on any atom is 0.282 e. The van der Waals surface area contributed by atoms with Crippen molar-refractivity contribution in [3.63, 3.8) is 0 Å². The van der Waals surface area contributed by atoms with Gasteiger partial charge in [0.15, 0.2) is 0 Å². The van der Waals surface area contributed by atoms with Crippen molar-refractivity contribution in [1.82, 2.24) is 10.2 Å². The Hall–Kier alpha value is -2.15. The fraction of sp³-hybridized carbons (Fsp3) is 0.500. The summed E-state index contributed by atoms with van der Waals surface area (Å²) in [7, 11) is 0. The Bertz CT molecular complexity index is 527. The first-order valence-corrected chi connectivity index (χ1v) is 7.06. The van der Waals surface area contributed by atoms with Gasteiger partial charge in [-0.25, -0.2) is 0 Å². The molecule has 1 fully saturated rings. The number of carbonyl (C=O) groups excluding carboxylic acids is 1. The minimum absolute atomic E-state index is 0.110. The predicted molar refractivity (Wildman–Crippen MR) is 77.4 cm³/mol. The zero-order valence-electron chi connectivity index (χ0n) is 11.7. The van der Waals surface area contributed by atoms with Gasteiger partial charge in [-0.2, -0.15) is 0 Å². The lowest BCUT2D eigenvalue weighted by molar-refractivity contribution is -0.385. The van der Waals surface area contributed by atoms with E-state index in [1.807, 2.05) is 0 Å². The van der Waals surface area contributed by atoms with Crippen molar-refractivity contribution in [2.45, 2.75) is 19.3 Å². The minimum Gasteiger partial charge on any atom is -0.508 e. The number of hydrogen-bond donors (Lipinski definition) is 2. The van der Waals surface area contributed by atoms with Gasteiger partial charge in [0, 0.05) is 12.6 Å². The first-order chi connectivity index (χ1) is 10.1. The number of rotatable bonds is 6. The third kappa shape index (κ3) is 4.16. The average Bonchev–Trinajstić information content (AvgIpc) is 2.96. The Balaban J connectivity index is 1.87. The number of hydrogen-bond acceptors (Lipinski definition) is 5. The number of benzene rings is 1. The molecule has 2 rings (SSSR count). The van der Waals surface area contributed by atoms with Gasteiger partial charge in [0.1, 0.15) is 11.3 Å². The topological polar surface area (TPSA) is 95.7 Å². The third-order valence-electron chi connectivity index (χ3n) is 3.56. The average molecular weight is 293 g/mol. The van der Waals surface area contributed by atoms with Gasteiger partial charge in [-0.1, -0.05) is 0 Å². The van der Waals surface area contributed by atoms with E-state index in [0.717, 1.165) is 38.2 Å². The highest BCUT2D eigenvalue weighted by molar-refractivity contribution is 5.98. The molecule has 0 spiro atoms. The highest BCUT2D eigenvalue weighted by Gasteiger charge is 2.20. The summed E-state index contributed by atoms with van der Waals surface area (Å²) in [5.41, 5.74) is -0.411. The van der Waals surface area contributed by atoms with E-state index in [9.17, 15) is 20.0 Å². The lowest BCUT2D eigenvalue weighted by Crippen LogP contribution is -2.29. The van der Waals surface area contributed by atoms with Gasteiger partial charge in [0.05, 0.1) is 4.92 Å². The number of nitro groups is 1. The van der Waals surface area contributed by atoms with Crippen molar-refractivity contribution in [2.24, 2.45) is 0 Å². The fourth-order valence-corrected chi connectivity index (χ4v) is 2.47. The Morgan fingerprint density at radius 1 is 1.38 bits per heavy atom. The van der Waals surface area contributed by atoms with Gasteiger partial charge in [0.2, 0.25) is 0 Å². The molecule has 21 heavy (non-hydrogen) atoms. The standard InChI is InChI=1S/C14H19N3O4/c18-11-4-5-13(17(20)21)12(10-11)14(19)15-6-3-9-16-7-1-2-8-16/h4-5,10,18H,1-3,6-9H2,(H,15,19). The summed E-state index contributed by atoms with van der Waals surface area (Å²) < 4.78 is 0. The molecule has 0 unspecified atom stereocenters. The number of amides is 1. The summed E-state index contributed by atoms with van der Waals surface area (Å²) >= 11 is 0. The normalized spacial score (nSPS) is 15.0. The number of nitrogens with one attached hydrogen (secondary N) is 1. The molecule has 7 heteroatoms. The highest BCUT2D eigenvalue weighted by Crippen LogP contribution is 2.23. The van der Waals surface area contributed by atoms with E-state index in [4.69, 9.17) is 0 Å². The molecule has 1 saturated heterocycles. The van der Waals surface area contributed by atoms with Crippen molar-refractivity contribution in [3.05, 3.63) is 33.9 Å².